The Morgan fingerprint density at radius 1 is 1.24 bits per heavy atom. The van der Waals surface area contributed by atoms with E-state index in [4.69, 9.17) is 16.3 Å². The average Bonchev–Trinajstić information content (AvgIpc) is 2.87. The van der Waals surface area contributed by atoms with Gasteiger partial charge in [0, 0.05) is 0 Å². The molecule has 0 saturated heterocycles. The lowest BCUT2D eigenvalue weighted by Crippen LogP contribution is -2.11. The van der Waals surface area contributed by atoms with Gasteiger partial charge in [-0.05, 0) is 56.2 Å². The van der Waals surface area contributed by atoms with Crippen molar-refractivity contribution in [2.75, 3.05) is 0 Å². The number of hydrogen-bond donors (Lipinski definition) is 1. The van der Waals surface area contributed by atoms with E-state index in [1.165, 1.54) is 12.8 Å². The van der Waals surface area contributed by atoms with Gasteiger partial charge in [0.15, 0.2) is 0 Å². The van der Waals surface area contributed by atoms with Crippen LogP contribution in [0.4, 0.5) is 0 Å². The molecule has 0 aliphatic heterocycles. The highest BCUT2D eigenvalue weighted by Crippen LogP contribution is 2.46. The van der Waals surface area contributed by atoms with E-state index in [-0.39, 0.29) is 0 Å². The van der Waals surface area contributed by atoms with Crippen molar-refractivity contribution in [2.24, 2.45) is 0 Å². The molecule has 2 aliphatic carbocycles. The van der Waals surface area contributed by atoms with Crippen LogP contribution in [-0.2, 0) is 5.60 Å². The molecule has 1 N–H and O–H groups in total. The van der Waals surface area contributed by atoms with Gasteiger partial charge in [-0.1, -0.05) is 17.7 Å². The fourth-order valence-corrected chi connectivity index (χ4v) is 2.70. The molecule has 3 heteroatoms. The van der Waals surface area contributed by atoms with Crippen LogP contribution in [0.15, 0.2) is 18.2 Å². The Kier molecular flexibility index (Phi) is 2.80. The van der Waals surface area contributed by atoms with Crippen molar-refractivity contribution in [3.05, 3.63) is 28.8 Å². The molecule has 0 amide bonds. The molecule has 2 nitrogen and oxygen atoms in total. The molecule has 17 heavy (non-hydrogen) atoms. The lowest BCUT2D eigenvalue weighted by molar-refractivity contribution is 0.151. The Morgan fingerprint density at radius 3 is 2.53 bits per heavy atom. The molecule has 0 radical (unpaired) electrons. The molecule has 2 saturated carbocycles. The predicted octanol–water partition coefficient (Wildman–Crippen LogP) is 3.64. The van der Waals surface area contributed by atoms with E-state index in [1.54, 1.807) is 0 Å². The highest BCUT2D eigenvalue weighted by Gasteiger charge is 2.42. The Balaban J connectivity index is 1.76. The molecule has 0 aromatic heterocycles. The highest BCUT2D eigenvalue weighted by atomic mass is 35.5. The first-order chi connectivity index (χ1) is 8.17. The zero-order valence-electron chi connectivity index (χ0n) is 9.79. The second-order valence-electron chi connectivity index (χ2n) is 5.20. The molecule has 3 rings (SSSR count). The minimum Gasteiger partial charge on any atom is -0.489 e. The van der Waals surface area contributed by atoms with Crippen LogP contribution in [0.2, 0.25) is 5.02 Å². The summed E-state index contributed by atoms with van der Waals surface area (Å²) >= 11 is 6.21. The van der Waals surface area contributed by atoms with Gasteiger partial charge in [-0.25, -0.2) is 0 Å². The van der Waals surface area contributed by atoms with E-state index in [1.807, 2.05) is 18.2 Å². The summed E-state index contributed by atoms with van der Waals surface area (Å²) in [5, 5.41) is 10.6. The van der Waals surface area contributed by atoms with Gasteiger partial charge >= 0.3 is 0 Å². The largest absolute Gasteiger partial charge is 0.489 e. The van der Waals surface area contributed by atoms with Gasteiger partial charge in [-0.2, -0.15) is 0 Å². The van der Waals surface area contributed by atoms with Crippen molar-refractivity contribution < 1.29 is 9.84 Å². The van der Waals surface area contributed by atoms with E-state index < -0.39 is 5.60 Å². The molecule has 2 fully saturated rings. The third-order valence-corrected chi connectivity index (χ3v) is 4.08. The topological polar surface area (TPSA) is 29.5 Å². The van der Waals surface area contributed by atoms with Gasteiger partial charge in [-0.15, -0.1) is 0 Å². The summed E-state index contributed by atoms with van der Waals surface area (Å²) < 4.78 is 5.88. The van der Waals surface area contributed by atoms with Crippen LogP contribution in [-0.4, -0.2) is 11.2 Å². The Bertz CT molecular complexity index is 420. The minimum atomic E-state index is -0.616. The smallest absolute Gasteiger partial charge is 0.138 e. The van der Waals surface area contributed by atoms with Crippen molar-refractivity contribution in [3.63, 3.8) is 0 Å². The van der Waals surface area contributed by atoms with Gasteiger partial charge in [-0.3, -0.25) is 0 Å². The number of halogens is 1. The number of rotatable bonds is 3. The monoisotopic (exact) mass is 252 g/mol. The van der Waals surface area contributed by atoms with Gasteiger partial charge in [0.05, 0.1) is 16.7 Å². The van der Waals surface area contributed by atoms with Crippen LogP contribution in [0.5, 0.6) is 5.75 Å². The molecular weight excluding hydrogens is 236 g/mol. The molecule has 0 heterocycles. The maximum atomic E-state index is 10.0. The molecule has 2 aliphatic rings. The summed E-state index contributed by atoms with van der Waals surface area (Å²) in [6.07, 6.45) is 6.75. The standard InChI is InChI=1S/C14H17ClO2/c15-12-9-10(14(16)7-8-14)5-6-13(12)17-11-3-1-2-4-11/h5-6,9,11,16H,1-4,7-8H2. The fourth-order valence-electron chi connectivity index (χ4n) is 2.48. The number of hydrogen-bond acceptors (Lipinski definition) is 2. The SMILES string of the molecule is OC1(c2ccc(OC3CCCC3)c(Cl)c2)CC1. The third-order valence-electron chi connectivity index (χ3n) is 3.79. The lowest BCUT2D eigenvalue weighted by atomic mass is 10.1. The van der Waals surface area contributed by atoms with Crippen molar-refractivity contribution in [1.82, 2.24) is 0 Å². The van der Waals surface area contributed by atoms with Crippen LogP contribution >= 0.6 is 11.6 Å². The van der Waals surface area contributed by atoms with Crippen LogP contribution < -0.4 is 4.74 Å². The number of ether oxygens (including phenoxy) is 1. The maximum Gasteiger partial charge on any atom is 0.138 e. The van der Waals surface area contributed by atoms with Crippen molar-refractivity contribution in [1.29, 1.82) is 0 Å². The Hall–Kier alpha value is -0.730. The fraction of sp³-hybridized carbons (Fsp3) is 0.571. The predicted molar refractivity (Wildman–Crippen MR) is 67.5 cm³/mol. The second kappa shape index (κ2) is 4.18. The highest BCUT2D eigenvalue weighted by molar-refractivity contribution is 6.32. The van der Waals surface area contributed by atoms with Crippen molar-refractivity contribution in [3.8, 4) is 5.75 Å². The van der Waals surface area contributed by atoms with Gasteiger partial charge in [0.2, 0.25) is 0 Å². The first-order valence-electron chi connectivity index (χ1n) is 6.36. The van der Waals surface area contributed by atoms with Crippen molar-refractivity contribution >= 4 is 11.6 Å². The second-order valence-corrected chi connectivity index (χ2v) is 5.61. The maximum absolute atomic E-state index is 10.0. The summed E-state index contributed by atoms with van der Waals surface area (Å²) in [6.45, 7) is 0. The summed E-state index contributed by atoms with van der Waals surface area (Å²) in [4.78, 5) is 0. The average molecular weight is 253 g/mol. The molecule has 0 atom stereocenters. The summed E-state index contributed by atoms with van der Waals surface area (Å²) in [7, 11) is 0. The molecule has 1 aromatic carbocycles. The lowest BCUT2D eigenvalue weighted by Gasteiger charge is -2.16. The first-order valence-corrected chi connectivity index (χ1v) is 6.74. The molecule has 0 unspecified atom stereocenters. The summed E-state index contributed by atoms with van der Waals surface area (Å²) in [5.74, 6) is 0.756. The van der Waals surface area contributed by atoms with Crippen molar-refractivity contribution in [2.45, 2.75) is 50.2 Å². The molecule has 1 aromatic rings. The van der Waals surface area contributed by atoms with Crippen LogP contribution in [0.1, 0.15) is 44.1 Å². The first kappa shape index (κ1) is 11.4. The zero-order valence-corrected chi connectivity index (χ0v) is 10.5. The zero-order chi connectivity index (χ0) is 11.9. The quantitative estimate of drug-likeness (QED) is 0.890. The number of aliphatic hydroxyl groups is 1. The van der Waals surface area contributed by atoms with Crippen LogP contribution in [0.3, 0.4) is 0 Å². The van der Waals surface area contributed by atoms with Gasteiger partial charge < -0.3 is 9.84 Å². The Morgan fingerprint density at radius 2 is 1.94 bits per heavy atom. The van der Waals surface area contributed by atoms with E-state index >= 15 is 0 Å². The summed E-state index contributed by atoms with van der Waals surface area (Å²) in [5.41, 5.74) is 0.302. The third kappa shape index (κ3) is 2.29. The van der Waals surface area contributed by atoms with Gasteiger partial charge in [0.1, 0.15) is 5.75 Å². The van der Waals surface area contributed by atoms with Crippen LogP contribution in [0.25, 0.3) is 0 Å². The number of benzene rings is 1. The molecule has 92 valence electrons. The Labute approximate surface area is 107 Å². The van der Waals surface area contributed by atoms with E-state index in [0.29, 0.717) is 11.1 Å². The normalized spacial score (nSPS) is 22.7. The van der Waals surface area contributed by atoms with E-state index in [0.717, 1.165) is 37.0 Å². The summed E-state index contributed by atoms with van der Waals surface area (Å²) in [6, 6.07) is 5.67. The van der Waals surface area contributed by atoms with E-state index in [9.17, 15) is 5.11 Å². The van der Waals surface area contributed by atoms with Gasteiger partial charge in [0.25, 0.3) is 0 Å². The molecular formula is C14H17ClO2. The minimum absolute atomic E-state index is 0.322. The van der Waals surface area contributed by atoms with Crippen LogP contribution in [0, 0.1) is 0 Å². The molecule has 0 spiro atoms. The van der Waals surface area contributed by atoms with E-state index in [2.05, 4.69) is 0 Å². The molecule has 0 bridgehead atoms.